The molecule has 2 unspecified atom stereocenters. The third kappa shape index (κ3) is 2.58. The lowest BCUT2D eigenvalue weighted by Crippen LogP contribution is -2.40. The van der Waals surface area contributed by atoms with E-state index in [-0.39, 0.29) is 0 Å². The Bertz CT molecular complexity index is 305. The van der Waals surface area contributed by atoms with Crippen molar-refractivity contribution < 1.29 is 0 Å². The lowest BCUT2D eigenvalue weighted by atomic mass is 9.93. The van der Waals surface area contributed by atoms with Gasteiger partial charge in [-0.05, 0) is 38.9 Å². The molecule has 1 fully saturated rings. The quantitative estimate of drug-likeness (QED) is 0.770. The van der Waals surface area contributed by atoms with Gasteiger partial charge in [-0.25, -0.2) is 0 Å². The van der Waals surface area contributed by atoms with Gasteiger partial charge in [-0.3, -0.25) is 0 Å². The predicted molar refractivity (Wildman–Crippen MR) is 64.0 cm³/mol. The van der Waals surface area contributed by atoms with Crippen molar-refractivity contribution in [2.24, 2.45) is 0 Å². The van der Waals surface area contributed by atoms with Crippen LogP contribution in [0.5, 0.6) is 0 Å². The zero-order valence-corrected chi connectivity index (χ0v) is 9.59. The van der Waals surface area contributed by atoms with Crippen LogP contribution in [-0.2, 0) is 0 Å². The number of rotatable bonds is 2. The molecule has 1 aromatic rings. The van der Waals surface area contributed by atoms with Gasteiger partial charge in [0.1, 0.15) is 0 Å². The normalized spacial score (nSPS) is 26.5. The monoisotopic (exact) mass is 204 g/mol. The van der Waals surface area contributed by atoms with Gasteiger partial charge in [0, 0.05) is 12.1 Å². The Hall–Kier alpha value is -0.860. The molecule has 2 N–H and O–H groups in total. The van der Waals surface area contributed by atoms with Crippen LogP contribution in [0, 0.1) is 6.92 Å². The second kappa shape index (κ2) is 4.77. The van der Waals surface area contributed by atoms with Crippen LogP contribution in [0.25, 0.3) is 0 Å². The Morgan fingerprint density at radius 2 is 2.00 bits per heavy atom. The minimum atomic E-state index is 0.525. The zero-order chi connectivity index (χ0) is 10.7. The number of benzene rings is 1. The second-order valence-electron chi connectivity index (χ2n) is 4.43. The van der Waals surface area contributed by atoms with E-state index in [1.807, 2.05) is 0 Å². The van der Waals surface area contributed by atoms with Crippen LogP contribution in [0.4, 0.5) is 0 Å². The van der Waals surface area contributed by atoms with Crippen molar-refractivity contribution in [3.63, 3.8) is 0 Å². The maximum absolute atomic E-state index is 3.58. The smallest absolute Gasteiger partial charge is 0.0335 e. The average Bonchev–Trinajstić information content (AvgIpc) is 2.30. The minimum absolute atomic E-state index is 0.525. The third-order valence-electron chi connectivity index (χ3n) is 3.29. The number of nitrogens with one attached hydrogen (secondary N) is 2. The van der Waals surface area contributed by atoms with Gasteiger partial charge in [-0.1, -0.05) is 29.8 Å². The molecule has 2 rings (SSSR count). The fourth-order valence-electron chi connectivity index (χ4n) is 2.23. The highest BCUT2D eigenvalue weighted by Gasteiger charge is 2.20. The molecule has 0 aliphatic carbocycles. The Morgan fingerprint density at radius 3 is 2.67 bits per heavy atom. The molecule has 0 radical (unpaired) electrons. The van der Waals surface area contributed by atoms with E-state index in [4.69, 9.17) is 0 Å². The number of hydrogen-bond acceptors (Lipinski definition) is 2. The van der Waals surface area contributed by atoms with Crippen molar-refractivity contribution >= 4 is 0 Å². The standard InChI is InChI=1S/C13H20N2/c1-10-3-5-11(6-4-10)13-9-12(14-2)7-8-15-13/h3-6,12-15H,7-9H2,1-2H3. The molecule has 2 heteroatoms. The van der Waals surface area contributed by atoms with Crippen molar-refractivity contribution in [3.05, 3.63) is 35.4 Å². The molecule has 15 heavy (non-hydrogen) atoms. The summed E-state index contributed by atoms with van der Waals surface area (Å²) in [6.45, 7) is 3.25. The maximum atomic E-state index is 3.58. The summed E-state index contributed by atoms with van der Waals surface area (Å²) in [6.07, 6.45) is 2.43. The van der Waals surface area contributed by atoms with E-state index in [0.717, 1.165) is 6.54 Å². The first kappa shape index (κ1) is 10.7. The number of hydrogen-bond donors (Lipinski definition) is 2. The highest BCUT2D eigenvalue weighted by Crippen LogP contribution is 2.23. The summed E-state index contributed by atoms with van der Waals surface area (Å²) in [6, 6.07) is 10.1. The molecule has 0 amide bonds. The Labute approximate surface area is 92.1 Å². The van der Waals surface area contributed by atoms with E-state index >= 15 is 0 Å². The summed E-state index contributed by atoms with van der Waals surface area (Å²) in [5.74, 6) is 0. The third-order valence-corrected chi connectivity index (χ3v) is 3.29. The molecular weight excluding hydrogens is 184 g/mol. The molecule has 1 aliphatic rings. The summed E-state index contributed by atoms with van der Waals surface area (Å²) in [4.78, 5) is 0. The van der Waals surface area contributed by atoms with Crippen molar-refractivity contribution in [2.75, 3.05) is 13.6 Å². The molecule has 0 aromatic heterocycles. The molecule has 2 atom stereocenters. The molecule has 1 aromatic carbocycles. The van der Waals surface area contributed by atoms with Crippen molar-refractivity contribution in [2.45, 2.75) is 31.8 Å². The molecule has 0 bridgehead atoms. The minimum Gasteiger partial charge on any atom is -0.317 e. The summed E-state index contributed by atoms with van der Waals surface area (Å²) >= 11 is 0. The average molecular weight is 204 g/mol. The first-order valence-corrected chi connectivity index (χ1v) is 5.77. The van der Waals surface area contributed by atoms with E-state index < -0.39 is 0 Å². The molecule has 1 aliphatic heterocycles. The largest absolute Gasteiger partial charge is 0.317 e. The van der Waals surface area contributed by atoms with Gasteiger partial charge in [0.15, 0.2) is 0 Å². The Balaban J connectivity index is 2.06. The van der Waals surface area contributed by atoms with Crippen LogP contribution in [0.1, 0.15) is 30.0 Å². The Morgan fingerprint density at radius 1 is 1.27 bits per heavy atom. The molecule has 1 saturated heterocycles. The van der Waals surface area contributed by atoms with Gasteiger partial charge < -0.3 is 10.6 Å². The number of aryl methyl sites for hydroxylation is 1. The lowest BCUT2D eigenvalue weighted by molar-refractivity contribution is 0.337. The van der Waals surface area contributed by atoms with E-state index in [2.05, 4.69) is 48.9 Å². The number of piperidine rings is 1. The second-order valence-corrected chi connectivity index (χ2v) is 4.43. The topological polar surface area (TPSA) is 24.1 Å². The van der Waals surface area contributed by atoms with Crippen molar-refractivity contribution in [3.8, 4) is 0 Å². The van der Waals surface area contributed by atoms with E-state index in [9.17, 15) is 0 Å². The van der Waals surface area contributed by atoms with Crippen LogP contribution in [0.15, 0.2) is 24.3 Å². The van der Waals surface area contributed by atoms with Crippen molar-refractivity contribution in [1.82, 2.24) is 10.6 Å². The van der Waals surface area contributed by atoms with Gasteiger partial charge in [0.2, 0.25) is 0 Å². The SMILES string of the molecule is CNC1CCNC(c2ccc(C)cc2)C1. The van der Waals surface area contributed by atoms with Gasteiger partial charge in [0.25, 0.3) is 0 Å². The van der Waals surface area contributed by atoms with Gasteiger partial charge in [-0.15, -0.1) is 0 Å². The van der Waals surface area contributed by atoms with Crippen LogP contribution in [0.3, 0.4) is 0 Å². The predicted octanol–water partition coefficient (Wildman–Crippen LogP) is 2.01. The zero-order valence-electron chi connectivity index (χ0n) is 9.59. The molecule has 0 spiro atoms. The summed E-state index contributed by atoms with van der Waals surface area (Å²) in [5.41, 5.74) is 2.75. The molecule has 82 valence electrons. The molecule has 2 nitrogen and oxygen atoms in total. The molecule has 1 heterocycles. The summed E-state index contributed by atoms with van der Waals surface area (Å²) < 4.78 is 0. The maximum Gasteiger partial charge on any atom is 0.0335 e. The lowest BCUT2D eigenvalue weighted by Gasteiger charge is -2.30. The molecule has 0 saturated carbocycles. The van der Waals surface area contributed by atoms with Crippen LogP contribution in [-0.4, -0.2) is 19.6 Å². The fourth-order valence-corrected chi connectivity index (χ4v) is 2.23. The Kier molecular flexibility index (Phi) is 3.39. The first-order chi connectivity index (χ1) is 7.29. The first-order valence-electron chi connectivity index (χ1n) is 5.77. The van der Waals surface area contributed by atoms with E-state index in [1.54, 1.807) is 0 Å². The van der Waals surface area contributed by atoms with Crippen LogP contribution in [0.2, 0.25) is 0 Å². The highest BCUT2D eigenvalue weighted by atomic mass is 15.0. The summed E-state index contributed by atoms with van der Waals surface area (Å²) in [7, 11) is 2.06. The van der Waals surface area contributed by atoms with Crippen LogP contribution < -0.4 is 10.6 Å². The van der Waals surface area contributed by atoms with E-state index in [0.29, 0.717) is 12.1 Å². The van der Waals surface area contributed by atoms with Crippen LogP contribution >= 0.6 is 0 Å². The fraction of sp³-hybridized carbons (Fsp3) is 0.538. The van der Waals surface area contributed by atoms with Gasteiger partial charge >= 0.3 is 0 Å². The molecular formula is C13H20N2. The summed E-state index contributed by atoms with van der Waals surface area (Å²) in [5, 5.41) is 6.95. The highest BCUT2D eigenvalue weighted by molar-refractivity contribution is 5.24. The van der Waals surface area contributed by atoms with Crippen molar-refractivity contribution in [1.29, 1.82) is 0 Å². The van der Waals surface area contributed by atoms with Gasteiger partial charge in [-0.2, -0.15) is 0 Å². The van der Waals surface area contributed by atoms with E-state index in [1.165, 1.54) is 24.0 Å². The van der Waals surface area contributed by atoms with Gasteiger partial charge in [0.05, 0.1) is 0 Å².